The number of likely N-dealkylation sites (tertiary alicyclic amines) is 1. The highest BCUT2D eigenvalue weighted by Crippen LogP contribution is 2.36. The Morgan fingerprint density at radius 2 is 2.15 bits per heavy atom. The monoisotopic (exact) mass is 299 g/mol. The highest BCUT2D eigenvalue weighted by molar-refractivity contribution is 6.32. The normalized spacial score (nSPS) is 20.9. The van der Waals surface area contributed by atoms with E-state index < -0.39 is 0 Å². The van der Waals surface area contributed by atoms with Crippen molar-refractivity contribution in [1.29, 1.82) is 0 Å². The van der Waals surface area contributed by atoms with E-state index in [1.54, 1.807) is 14.2 Å². The van der Waals surface area contributed by atoms with Crippen LogP contribution in [0.25, 0.3) is 0 Å². The molecule has 1 aliphatic heterocycles. The van der Waals surface area contributed by atoms with Crippen molar-refractivity contribution < 1.29 is 14.6 Å². The molecule has 20 heavy (non-hydrogen) atoms. The minimum Gasteiger partial charge on any atom is -0.493 e. The Balaban J connectivity index is 2.09. The summed E-state index contributed by atoms with van der Waals surface area (Å²) in [6.07, 6.45) is 0.799. The molecule has 4 nitrogen and oxygen atoms in total. The molecule has 1 aliphatic rings. The van der Waals surface area contributed by atoms with E-state index in [0.717, 1.165) is 31.6 Å². The van der Waals surface area contributed by atoms with Crippen molar-refractivity contribution >= 4 is 11.6 Å². The summed E-state index contributed by atoms with van der Waals surface area (Å²) < 4.78 is 10.6. The lowest BCUT2D eigenvalue weighted by atomic mass is 10.0. The van der Waals surface area contributed by atoms with Gasteiger partial charge in [-0.25, -0.2) is 0 Å². The van der Waals surface area contributed by atoms with E-state index in [1.807, 2.05) is 19.1 Å². The zero-order valence-corrected chi connectivity index (χ0v) is 13.0. The lowest BCUT2D eigenvalue weighted by molar-refractivity contribution is 0.127. The van der Waals surface area contributed by atoms with Crippen molar-refractivity contribution in [2.75, 3.05) is 27.3 Å². The molecule has 0 amide bonds. The average molecular weight is 300 g/mol. The first-order valence-electron chi connectivity index (χ1n) is 6.86. The molecule has 1 N–H and O–H groups in total. The van der Waals surface area contributed by atoms with Crippen LogP contribution in [0.3, 0.4) is 0 Å². The summed E-state index contributed by atoms with van der Waals surface area (Å²) in [6, 6.07) is 3.87. The molecule has 0 saturated carbocycles. The van der Waals surface area contributed by atoms with E-state index in [0.29, 0.717) is 22.4 Å². The largest absolute Gasteiger partial charge is 0.493 e. The van der Waals surface area contributed by atoms with Crippen molar-refractivity contribution in [1.82, 2.24) is 4.90 Å². The van der Waals surface area contributed by atoms with E-state index in [2.05, 4.69) is 4.90 Å². The molecule has 1 aromatic carbocycles. The van der Waals surface area contributed by atoms with Crippen LogP contribution >= 0.6 is 11.6 Å². The number of hydrogen-bond acceptors (Lipinski definition) is 4. The molecule has 0 aromatic heterocycles. The summed E-state index contributed by atoms with van der Waals surface area (Å²) in [5.41, 5.74) is 1.10. The van der Waals surface area contributed by atoms with Crippen LogP contribution in [0.2, 0.25) is 5.02 Å². The number of methoxy groups -OCH3 is 2. The minimum atomic E-state index is -0.242. The van der Waals surface area contributed by atoms with Gasteiger partial charge in [-0.1, -0.05) is 11.6 Å². The highest BCUT2D eigenvalue weighted by atomic mass is 35.5. The third-order valence-electron chi connectivity index (χ3n) is 3.89. The number of hydrogen-bond donors (Lipinski definition) is 1. The summed E-state index contributed by atoms with van der Waals surface area (Å²) in [4.78, 5) is 2.33. The van der Waals surface area contributed by atoms with E-state index in [1.165, 1.54) is 0 Å². The van der Waals surface area contributed by atoms with Gasteiger partial charge in [0.1, 0.15) is 0 Å². The smallest absolute Gasteiger partial charge is 0.179 e. The van der Waals surface area contributed by atoms with Crippen molar-refractivity contribution in [2.45, 2.75) is 26.0 Å². The standard InChI is InChI=1S/C15H22ClNO3/c1-10(18)12-4-5-17(9-12)8-11-6-13(16)15(20-3)14(7-11)19-2/h6-7,10,12,18H,4-5,8-9H2,1-3H3. The molecule has 1 saturated heterocycles. The fourth-order valence-electron chi connectivity index (χ4n) is 2.72. The maximum atomic E-state index is 9.65. The average Bonchev–Trinajstić information content (AvgIpc) is 2.86. The van der Waals surface area contributed by atoms with Gasteiger partial charge in [0.25, 0.3) is 0 Å². The first-order valence-corrected chi connectivity index (χ1v) is 7.23. The van der Waals surface area contributed by atoms with Crippen molar-refractivity contribution in [3.63, 3.8) is 0 Å². The molecule has 0 aliphatic carbocycles. The summed E-state index contributed by atoms with van der Waals surface area (Å²) in [6.45, 7) is 4.59. The van der Waals surface area contributed by atoms with E-state index in [-0.39, 0.29) is 6.10 Å². The topological polar surface area (TPSA) is 41.9 Å². The Hall–Kier alpha value is -0.970. The lowest BCUT2D eigenvalue weighted by Crippen LogP contribution is -2.24. The molecule has 5 heteroatoms. The molecule has 0 bridgehead atoms. The molecule has 0 radical (unpaired) electrons. The predicted octanol–water partition coefficient (Wildman–Crippen LogP) is 2.56. The Bertz CT molecular complexity index is 465. The molecule has 2 atom stereocenters. The Morgan fingerprint density at radius 3 is 2.70 bits per heavy atom. The Labute approximate surface area is 125 Å². The number of nitrogens with zero attached hydrogens (tertiary/aromatic N) is 1. The number of aliphatic hydroxyl groups excluding tert-OH is 1. The van der Waals surface area contributed by atoms with Gasteiger partial charge in [-0.05, 0) is 43.5 Å². The summed E-state index contributed by atoms with van der Waals surface area (Å²) >= 11 is 6.21. The van der Waals surface area contributed by atoms with Crippen LogP contribution in [0.15, 0.2) is 12.1 Å². The molecule has 2 unspecified atom stereocenters. The van der Waals surface area contributed by atoms with Gasteiger partial charge in [0.2, 0.25) is 0 Å². The highest BCUT2D eigenvalue weighted by Gasteiger charge is 2.26. The Morgan fingerprint density at radius 1 is 1.40 bits per heavy atom. The SMILES string of the molecule is COc1cc(CN2CCC(C(C)O)C2)cc(Cl)c1OC. The third-order valence-corrected chi connectivity index (χ3v) is 4.17. The van der Waals surface area contributed by atoms with Gasteiger partial charge < -0.3 is 14.6 Å². The van der Waals surface area contributed by atoms with Gasteiger partial charge in [0.05, 0.1) is 25.3 Å². The molecule has 0 spiro atoms. The Kier molecular flexibility index (Phi) is 5.13. The van der Waals surface area contributed by atoms with E-state index in [9.17, 15) is 5.11 Å². The van der Waals surface area contributed by atoms with Crippen LogP contribution in [0.1, 0.15) is 18.9 Å². The van der Waals surface area contributed by atoms with Gasteiger partial charge in [-0.3, -0.25) is 4.90 Å². The number of rotatable bonds is 5. The van der Waals surface area contributed by atoms with Crippen LogP contribution in [0.4, 0.5) is 0 Å². The number of benzene rings is 1. The van der Waals surface area contributed by atoms with Gasteiger partial charge in [0, 0.05) is 13.1 Å². The van der Waals surface area contributed by atoms with Crippen LogP contribution in [0.5, 0.6) is 11.5 Å². The zero-order chi connectivity index (χ0) is 14.7. The first-order chi connectivity index (χ1) is 9.55. The molecular formula is C15H22ClNO3. The fourth-order valence-corrected chi connectivity index (χ4v) is 3.03. The second-order valence-electron chi connectivity index (χ2n) is 5.34. The molecular weight excluding hydrogens is 278 g/mol. The van der Waals surface area contributed by atoms with Gasteiger partial charge >= 0.3 is 0 Å². The molecule has 1 fully saturated rings. The summed E-state index contributed by atoms with van der Waals surface area (Å²) in [5.74, 6) is 1.59. The second-order valence-corrected chi connectivity index (χ2v) is 5.74. The van der Waals surface area contributed by atoms with E-state index in [4.69, 9.17) is 21.1 Å². The van der Waals surface area contributed by atoms with Crippen molar-refractivity contribution in [3.8, 4) is 11.5 Å². The third kappa shape index (κ3) is 3.37. The maximum Gasteiger partial charge on any atom is 0.179 e. The molecule has 1 aromatic rings. The second kappa shape index (κ2) is 6.66. The minimum absolute atomic E-state index is 0.242. The number of halogens is 1. The lowest BCUT2D eigenvalue weighted by Gasteiger charge is -2.19. The zero-order valence-electron chi connectivity index (χ0n) is 12.2. The van der Waals surface area contributed by atoms with Crippen LogP contribution in [-0.2, 0) is 6.54 Å². The number of aliphatic hydroxyl groups is 1. The van der Waals surface area contributed by atoms with Crippen molar-refractivity contribution in [2.24, 2.45) is 5.92 Å². The summed E-state index contributed by atoms with van der Waals surface area (Å²) in [7, 11) is 3.19. The number of ether oxygens (including phenoxy) is 2. The van der Waals surface area contributed by atoms with Gasteiger partial charge in [-0.2, -0.15) is 0 Å². The summed E-state index contributed by atoms with van der Waals surface area (Å²) in [5, 5.41) is 10.2. The van der Waals surface area contributed by atoms with Gasteiger partial charge in [-0.15, -0.1) is 0 Å². The predicted molar refractivity (Wildman–Crippen MR) is 79.6 cm³/mol. The van der Waals surface area contributed by atoms with Gasteiger partial charge in [0.15, 0.2) is 11.5 Å². The molecule has 1 heterocycles. The maximum absolute atomic E-state index is 9.65. The first kappa shape index (κ1) is 15.4. The van der Waals surface area contributed by atoms with E-state index >= 15 is 0 Å². The van der Waals surface area contributed by atoms with Crippen LogP contribution < -0.4 is 9.47 Å². The van der Waals surface area contributed by atoms with Crippen molar-refractivity contribution in [3.05, 3.63) is 22.7 Å². The van der Waals surface area contributed by atoms with Crippen LogP contribution in [-0.4, -0.2) is 43.4 Å². The quantitative estimate of drug-likeness (QED) is 0.907. The fraction of sp³-hybridized carbons (Fsp3) is 0.600. The molecule has 2 rings (SSSR count). The molecule has 112 valence electrons. The van der Waals surface area contributed by atoms with Crippen LogP contribution in [0, 0.1) is 5.92 Å².